The fourth-order valence-corrected chi connectivity index (χ4v) is 12.9. The Hall–Kier alpha value is -9.49. The van der Waals surface area contributed by atoms with E-state index in [1.165, 1.54) is 33.9 Å². The van der Waals surface area contributed by atoms with E-state index in [4.69, 9.17) is 47.4 Å². The molecule has 3 fully saturated rings. The number of carboxylic acid groups (broad SMARTS) is 1. The molecule has 0 spiro atoms. The van der Waals surface area contributed by atoms with Gasteiger partial charge in [0.05, 0.1) is 16.8 Å². The molecule has 18 atom stereocenters. The molecule has 1 aromatic carbocycles. The number of ether oxygens (including phenoxy) is 10. The van der Waals surface area contributed by atoms with Crippen LogP contribution in [0.1, 0.15) is 207 Å². The highest BCUT2D eigenvalue weighted by Crippen LogP contribution is 2.34. The lowest BCUT2D eigenvalue weighted by molar-refractivity contribution is -0.387. The lowest BCUT2D eigenvalue weighted by Gasteiger charge is -2.38. The molecule has 37 heteroatoms. The summed E-state index contributed by atoms with van der Waals surface area (Å²) in [5.74, 6) is -22.5. The fraction of sp³-hybridized carbons (Fsp3) is 0.738. The summed E-state index contributed by atoms with van der Waals surface area (Å²) in [5.41, 5.74) is -0.739. The van der Waals surface area contributed by atoms with Crippen LogP contribution in [0.5, 0.6) is 5.75 Å². The first-order chi connectivity index (χ1) is 54.5. The van der Waals surface area contributed by atoms with Crippen LogP contribution in [0.3, 0.4) is 0 Å². The smallest absolute Gasteiger partial charge is 0.409 e. The maximum absolute atomic E-state index is 15.0. The Bertz CT molecular complexity index is 3630. The second-order valence-corrected chi connectivity index (χ2v) is 32.9. The number of esters is 7. The number of carbonyl (C=O) groups excluding carboxylic acids is 14. The summed E-state index contributed by atoms with van der Waals surface area (Å²) in [5, 5.41) is 62.4. The summed E-state index contributed by atoms with van der Waals surface area (Å²) < 4.78 is 56.2. The van der Waals surface area contributed by atoms with Gasteiger partial charge >= 0.3 is 59.5 Å². The van der Waals surface area contributed by atoms with Crippen molar-refractivity contribution in [1.82, 2.24) is 26.2 Å². The number of nitro groups is 1. The van der Waals surface area contributed by atoms with Crippen molar-refractivity contribution in [3.63, 3.8) is 0 Å². The number of carbonyl (C=O) groups is 15. The highest BCUT2D eigenvalue weighted by molar-refractivity contribution is 5.96. The number of Topliss-reactive ketones (excluding diaryl/α,β-unsaturated/α-hetero) is 2. The van der Waals surface area contributed by atoms with Crippen LogP contribution in [-0.4, -0.2) is 230 Å². The molecule has 2 aliphatic heterocycles. The topological polar surface area (TPSA) is 524 Å². The van der Waals surface area contributed by atoms with Gasteiger partial charge in [-0.05, 0) is 112 Å². The second kappa shape index (κ2) is 46.6. The van der Waals surface area contributed by atoms with E-state index in [1.54, 1.807) is 96.9 Å². The SMILES string of the molecule is CC(C)C[C@H]1OC(=O)[C@H](C(C)C)NC(=O)[C@H](C)OC(=O)[C@@H](C(C)C)NC(=O)[C@@H](CC(C)C)OC(=O)[C@H](C(C)C)CC(=O)[C@H](C)OC(=O)[C@@H](C(C)C)NC(=O)[C@@H](CC2CCCCC2)OC(=O)[C@H]([C@@H](C)OC(=O)CCCN(C)C(=O)OCc2ccc(O[C@@H]3O[C@H](C(=O)O)[C@@H](O)[C@H](O)[C@H]3O)c([N+](=O)[O-])c2)NC(=O)[C@H](C)OC(=O)[C@@H](C(C)C)CC1=O. The molecular weight excluding hydrogens is 1540 g/mol. The van der Waals surface area contributed by atoms with Crippen LogP contribution in [0.25, 0.3) is 0 Å². The molecule has 2 heterocycles. The highest BCUT2D eigenvalue weighted by atomic mass is 16.7. The first-order valence-electron chi connectivity index (χ1n) is 40.0. The average molecular weight is 1660 g/mol. The molecule has 4 rings (SSSR count). The summed E-state index contributed by atoms with van der Waals surface area (Å²) in [6.07, 6.45) is -21.3. The minimum Gasteiger partial charge on any atom is -0.479 e. The molecule has 0 radical (unpaired) electrons. The number of aliphatic hydroxyl groups is 3. The molecule has 5 amide bonds. The third kappa shape index (κ3) is 30.7. The van der Waals surface area contributed by atoms with Crippen molar-refractivity contribution in [3.05, 3.63) is 33.9 Å². The summed E-state index contributed by atoms with van der Waals surface area (Å²) >= 11 is 0. The molecule has 0 bridgehead atoms. The quantitative estimate of drug-likeness (QED) is 0.0305. The minimum atomic E-state index is -2.08. The Kier molecular flexibility index (Phi) is 39.8. The van der Waals surface area contributed by atoms with Gasteiger partial charge in [-0.1, -0.05) is 135 Å². The molecule has 8 N–H and O–H groups in total. The predicted octanol–water partition coefficient (Wildman–Crippen LogP) is 5.12. The van der Waals surface area contributed by atoms with Gasteiger partial charge in [-0.3, -0.25) is 53.3 Å². The van der Waals surface area contributed by atoms with Crippen LogP contribution in [0.4, 0.5) is 10.5 Å². The zero-order valence-electron chi connectivity index (χ0n) is 70.3. The number of cyclic esters (lactones) is 6. The largest absolute Gasteiger partial charge is 0.479 e. The molecule has 0 unspecified atom stereocenters. The number of carboxylic acids is 1. The number of rotatable bonds is 23. The molecule has 0 aromatic heterocycles. The fourth-order valence-electron chi connectivity index (χ4n) is 12.9. The van der Waals surface area contributed by atoms with Crippen molar-refractivity contribution >= 4 is 94.7 Å². The number of nitrogens with one attached hydrogen (secondary N) is 4. The molecule has 1 aliphatic carbocycles. The van der Waals surface area contributed by atoms with Crippen molar-refractivity contribution in [1.29, 1.82) is 0 Å². The van der Waals surface area contributed by atoms with Crippen molar-refractivity contribution in [3.8, 4) is 5.75 Å². The second-order valence-electron chi connectivity index (χ2n) is 32.9. The Balaban J connectivity index is 1.72. The van der Waals surface area contributed by atoms with Crippen LogP contribution in [0.2, 0.25) is 0 Å². The van der Waals surface area contributed by atoms with Crippen molar-refractivity contribution in [2.45, 2.75) is 306 Å². The van der Waals surface area contributed by atoms with Gasteiger partial charge in [0.2, 0.25) is 6.29 Å². The summed E-state index contributed by atoms with van der Waals surface area (Å²) in [4.78, 5) is 223. The van der Waals surface area contributed by atoms with E-state index in [0.717, 1.165) is 43.2 Å². The van der Waals surface area contributed by atoms with E-state index in [1.807, 2.05) is 0 Å². The van der Waals surface area contributed by atoms with Crippen molar-refractivity contribution < 1.29 is 145 Å². The monoisotopic (exact) mass is 1660 g/mol. The molecular formula is C80H122N6O31. The molecule has 1 saturated carbocycles. The molecule has 117 heavy (non-hydrogen) atoms. The third-order valence-electron chi connectivity index (χ3n) is 20.3. The van der Waals surface area contributed by atoms with Crippen LogP contribution in [-0.2, 0) is 116 Å². The van der Waals surface area contributed by atoms with Gasteiger partial charge in [-0.2, -0.15) is 0 Å². The number of amides is 5. The molecule has 2 saturated heterocycles. The summed E-state index contributed by atoms with van der Waals surface area (Å²) in [6, 6.07) is -3.28. The number of aliphatic hydroxyl groups excluding tert-OH is 3. The Morgan fingerprint density at radius 1 is 0.547 bits per heavy atom. The number of hydrogen-bond acceptors (Lipinski definition) is 30. The predicted molar refractivity (Wildman–Crippen MR) is 410 cm³/mol. The summed E-state index contributed by atoms with van der Waals surface area (Å²) in [6.45, 7) is 26.8. The van der Waals surface area contributed by atoms with Gasteiger partial charge in [-0.15, -0.1) is 0 Å². The van der Waals surface area contributed by atoms with Crippen LogP contribution < -0.4 is 26.0 Å². The van der Waals surface area contributed by atoms with Crippen molar-refractivity contribution in [2.75, 3.05) is 13.6 Å². The number of hydrogen-bond donors (Lipinski definition) is 8. The molecule has 658 valence electrons. The lowest BCUT2D eigenvalue weighted by Crippen LogP contribution is -2.61. The molecule has 3 aliphatic rings. The zero-order valence-corrected chi connectivity index (χ0v) is 70.3. The van der Waals surface area contributed by atoms with E-state index >= 15 is 0 Å². The van der Waals surface area contributed by atoms with E-state index in [9.17, 15) is 102 Å². The standard InChI is InChI=1S/C80H122N6O31/c1-37(2)30-56-54(88)35-51(40(7)8)73(99)111-46(17)69(94)84-63(45(16)109-59(89)26-23-29-85(19)80(105)108-36-49-27-28-55(52(32-49)86(106)107)116-79-66(92)64(90)65(91)67(117-79)72(97)98)78(104)115-58(33-48-24-21-20-22-25-48)71(96)83-60(41(9)10)75(101)110-44(15)53(87)34-50(39(5)6)74(100)114-57(31-38(3)4)70(95)82-61(42(11)12)76(102)112-47(18)68(93)81-62(43(13)14)77(103)113-56/h27-28,32,37-48,50-51,56-58,60-67,79,90-92H,20-26,29-31,33-36H2,1-19H3,(H,81,93)(H,82,95)(H,83,96)(H,84,94)(H,97,98)/t44-,45+,46-,47-,50-,51+,56+,57+,58+,60+,61+,62-,63-,64-,65-,66+,67-,79+/m0/s1. The maximum Gasteiger partial charge on any atom is 0.409 e. The van der Waals surface area contributed by atoms with Gasteiger partial charge in [0.1, 0.15) is 49.1 Å². The van der Waals surface area contributed by atoms with Gasteiger partial charge in [0.25, 0.3) is 23.6 Å². The number of nitro benzene ring substituents is 1. The lowest BCUT2D eigenvalue weighted by atomic mass is 9.85. The number of benzene rings is 1. The first kappa shape index (κ1) is 99.9. The van der Waals surface area contributed by atoms with Crippen molar-refractivity contribution in [2.24, 2.45) is 59.2 Å². The van der Waals surface area contributed by atoms with E-state index in [0.29, 0.717) is 12.8 Å². The number of nitrogens with zero attached hydrogens (tertiary/aromatic N) is 2. The Morgan fingerprint density at radius 3 is 1.50 bits per heavy atom. The number of ketones is 2. The maximum atomic E-state index is 15.0. The third-order valence-corrected chi connectivity index (χ3v) is 20.3. The van der Waals surface area contributed by atoms with Gasteiger partial charge < -0.3 is 94.0 Å². The van der Waals surface area contributed by atoms with E-state index < -0.39 is 270 Å². The van der Waals surface area contributed by atoms with Crippen LogP contribution in [0, 0.1) is 69.3 Å². The van der Waals surface area contributed by atoms with E-state index in [2.05, 4.69) is 21.3 Å². The first-order valence-corrected chi connectivity index (χ1v) is 40.0. The van der Waals surface area contributed by atoms with Gasteiger partial charge in [0, 0.05) is 38.9 Å². The minimum absolute atomic E-state index is 0.0282. The number of aliphatic carboxylic acids is 1. The van der Waals surface area contributed by atoms with Gasteiger partial charge in [0.15, 0.2) is 66.1 Å². The molecule has 1 aromatic rings. The van der Waals surface area contributed by atoms with Gasteiger partial charge in [-0.25, -0.2) is 28.8 Å². The molecule has 37 nitrogen and oxygen atoms in total. The van der Waals surface area contributed by atoms with Crippen LogP contribution in [0.15, 0.2) is 18.2 Å². The zero-order chi connectivity index (χ0) is 88.5. The Labute approximate surface area is 681 Å². The van der Waals surface area contributed by atoms with E-state index in [-0.39, 0.29) is 55.5 Å². The highest BCUT2D eigenvalue weighted by Gasteiger charge is 2.49. The summed E-state index contributed by atoms with van der Waals surface area (Å²) in [7, 11) is 1.28. The van der Waals surface area contributed by atoms with Crippen LogP contribution >= 0.6 is 0 Å². The normalized spacial score (nSPS) is 28.2. The Morgan fingerprint density at radius 2 is 0.991 bits per heavy atom. The average Bonchev–Trinajstić information content (AvgIpc) is 0.796.